The van der Waals surface area contributed by atoms with E-state index in [1.807, 2.05) is 6.92 Å². The third-order valence-electron chi connectivity index (χ3n) is 3.73. The smallest absolute Gasteiger partial charge is 0.306 e. The van der Waals surface area contributed by atoms with Gasteiger partial charge in [-0.15, -0.1) is 0 Å². The molecule has 0 aliphatic carbocycles. The van der Waals surface area contributed by atoms with E-state index >= 15 is 0 Å². The van der Waals surface area contributed by atoms with Crippen molar-refractivity contribution in [2.45, 2.75) is 39.0 Å². The summed E-state index contributed by atoms with van der Waals surface area (Å²) in [6.07, 6.45) is 2.28. The first kappa shape index (κ1) is 18.9. The van der Waals surface area contributed by atoms with Crippen LogP contribution in [0, 0.1) is 0 Å². The van der Waals surface area contributed by atoms with Gasteiger partial charge in [-0.3, -0.25) is 9.59 Å². The summed E-state index contributed by atoms with van der Waals surface area (Å²) in [5.74, 6) is -0.370. The third-order valence-corrected chi connectivity index (χ3v) is 5.68. The number of esters is 1. The van der Waals surface area contributed by atoms with Crippen LogP contribution in [0.15, 0.2) is 0 Å². The fourth-order valence-electron chi connectivity index (χ4n) is 2.35. The maximum absolute atomic E-state index is 12.2. The quantitative estimate of drug-likeness (QED) is 0.637. The van der Waals surface area contributed by atoms with Crippen molar-refractivity contribution in [3.63, 3.8) is 0 Å². The Bertz CT molecular complexity index is 478. The largest absolute Gasteiger partial charge is 0.469 e. The number of sulfonamides is 1. The third kappa shape index (κ3) is 5.92. The maximum Gasteiger partial charge on any atom is 0.306 e. The first-order valence-electron chi connectivity index (χ1n) is 7.73. The molecule has 7 nitrogen and oxygen atoms in total. The summed E-state index contributed by atoms with van der Waals surface area (Å²) in [6.45, 7) is 3.65. The number of carbonyl (C=O) groups is 2. The molecule has 1 saturated heterocycles. The highest BCUT2D eigenvalue weighted by Gasteiger charge is 2.26. The minimum absolute atomic E-state index is 0.0599. The molecule has 0 saturated carbocycles. The summed E-state index contributed by atoms with van der Waals surface area (Å²) in [5, 5.41) is 0. The van der Waals surface area contributed by atoms with E-state index in [-0.39, 0.29) is 24.5 Å². The van der Waals surface area contributed by atoms with Crippen molar-refractivity contribution in [3.05, 3.63) is 0 Å². The molecule has 0 N–H and O–H groups in total. The van der Waals surface area contributed by atoms with Crippen molar-refractivity contribution in [2.24, 2.45) is 0 Å². The van der Waals surface area contributed by atoms with Crippen LogP contribution < -0.4 is 0 Å². The standard InChI is InChI=1S/C14H26N2O5S/c1-3-4-12-22(19,20)16-9-5-8-15(10-11-16)13(17)6-7-14(18)21-2/h3-12H2,1-2H3. The average molecular weight is 334 g/mol. The predicted molar refractivity (Wildman–Crippen MR) is 82.7 cm³/mol. The topological polar surface area (TPSA) is 84.0 Å². The molecule has 8 heteroatoms. The van der Waals surface area contributed by atoms with Crippen molar-refractivity contribution in [1.29, 1.82) is 0 Å². The molecule has 1 heterocycles. The van der Waals surface area contributed by atoms with Crippen LogP contribution in [0.3, 0.4) is 0 Å². The van der Waals surface area contributed by atoms with E-state index in [4.69, 9.17) is 0 Å². The van der Waals surface area contributed by atoms with Gasteiger partial charge in [0, 0.05) is 32.6 Å². The molecule has 1 fully saturated rings. The first-order valence-corrected chi connectivity index (χ1v) is 9.34. The monoisotopic (exact) mass is 334 g/mol. The molecule has 0 unspecified atom stereocenters. The SMILES string of the molecule is CCCCS(=O)(=O)N1CCCN(C(=O)CCC(=O)OC)CC1. The van der Waals surface area contributed by atoms with Crippen molar-refractivity contribution in [2.75, 3.05) is 39.0 Å². The second-order valence-corrected chi connectivity index (χ2v) is 7.47. The lowest BCUT2D eigenvalue weighted by molar-refractivity contribution is -0.143. The van der Waals surface area contributed by atoms with E-state index in [0.29, 0.717) is 39.0 Å². The molecular weight excluding hydrogens is 308 g/mol. The Kier molecular flexibility index (Phi) is 7.81. The zero-order valence-electron chi connectivity index (χ0n) is 13.4. The Balaban J connectivity index is 2.51. The highest BCUT2D eigenvalue weighted by atomic mass is 32.2. The number of ether oxygens (including phenoxy) is 1. The molecule has 0 atom stereocenters. The molecule has 0 aromatic heterocycles. The van der Waals surface area contributed by atoms with E-state index in [1.165, 1.54) is 11.4 Å². The molecule has 22 heavy (non-hydrogen) atoms. The first-order chi connectivity index (χ1) is 10.4. The lowest BCUT2D eigenvalue weighted by atomic mass is 10.2. The van der Waals surface area contributed by atoms with Gasteiger partial charge in [0.05, 0.1) is 19.3 Å². The van der Waals surface area contributed by atoms with Crippen LogP contribution in [0.1, 0.15) is 39.0 Å². The van der Waals surface area contributed by atoms with E-state index in [9.17, 15) is 18.0 Å². The zero-order chi connectivity index (χ0) is 16.6. The minimum atomic E-state index is -3.23. The van der Waals surface area contributed by atoms with Gasteiger partial charge in [-0.1, -0.05) is 13.3 Å². The van der Waals surface area contributed by atoms with Gasteiger partial charge in [0.2, 0.25) is 15.9 Å². The molecule has 1 aliphatic rings. The number of nitrogens with zero attached hydrogens (tertiary/aromatic N) is 2. The van der Waals surface area contributed by atoms with Crippen LogP contribution >= 0.6 is 0 Å². The number of unbranched alkanes of at least 4 members (excludes halogenated alkanes) is 1. The summed E-state index contributed by atoms with van der Waals surface area (Å²) in [7, 11) is -1.94. The van der Waals surface area contributed by atoms with Crippen LogP contribution in [0.5, 0.6) is 0 Å². The highest BCUT2D eigenvalue weighted by molar-refractivity contribution is 7.89. The second-order valence-electron chi connectivity index (χ2n) is 5.38. The van der Waals surface area contributed by atoms with Gasteiger partial charge in [0.25, 0.3) is 0 Å². The highest BCUT2D eigenvalue weighted by Crippen LogP contribution is 2.11. The molecule has 0 bridgehead atoms. The number of amides is 1. The van der Waals surface area contributed by atoms with Crippen LogP contribution in [0.4, 0.5) is 0 Å². The molecule has 1 amide bonds. The molecular formula is C14H26N2O5S. The lowest BCUT2D eigenvalue weighted by Crippen LogP contribution is -2.38. The summed E-state index contributed by atoms with van der Waals surface area (Å²) in [6, 6.07) is 0. The van der Waals surface area contributed by atoms with E-state index < -0.39 is 16.0 Å². The van der Waals surface area contributed by atoms with Crippen molar-refractivity contribution >= 4 is 21.9 Å². The number of rotatable bonds is 7. The zero-order valence-corrected chi connectivity index (χ0v) is 14.2. The van der Waals surface area contributed by atoms with Gasteiger partial charge >= 0.3 is 5.97 Å². The van der Waals surface area contributed by atoms with Gasteiger partial charge < -0.3 is 9.64 Å². The van der Waals surface area contributed by atoms with Crippen LogP contribution in [0.25, 0.3) is 0 Å². The minimum Gasteiger partial charge on any atom is -0.469 e. The predicted octanol–water partition coefficient (Wildman–Crippen LogP) is 0.604. The van der Waals surface area contributed by atoms with Crippen molar-refractivity contribution in [3.8, 4) is 0 Å². The molecule has 0 aromatic rings. The van der Waals surface area contributed by atoms with Crippen LogP contribution in [0.2, 0.25) is 0 Å². The van der Waals surface area contributed by atoms with E-state index in [0.717, 1.165) is 6.42 Å². The Morgan fingerprint density at radius 2 is 1.82 bits per heavy atom. The van der Waals surface area contributed by atoms with Crippen molar-refractivity contribution < 1.29 is 22.7 Å². The summed E-state index contributed by atoms with van der Waals surface area (Å²) < 4.78 is 30.4. The Hall–Kier alpha value is -1.15. The average Bonchev–Trinajstić information content (AvgIpc) is 2.76. The van der Waals surface area contributed by atoms with Crippen LogP contribution in [-0.2, 0) is 24.3 Å². The Morgan fingerprint density at radius 3 is 2.45 bits per heavy atom. The molecule has 128 valence electrons. The molecule has 0 aromatic carbocycles. The lowest BCUT2D eigenvalue weighted by Gasteiger charge is -2.21. The molecule has 1 aliphatic heterocycles. The van der Waals surface area contributed by atoms with Gasteiger partial charge in [-0.05, 0) is 12.8 Å². The molecule has 0 radical (unpaired) electrons. The van der Waals surface area contributed by atoms with Gasteiger partial charge in [-0.2, -0.15) is 0 Å². The number of carbonyl (C=O) groups excluding carboxylic acids is 2. The fraction of sp³-hybridized carbons (Fsp3) is 0.857. The number of hydrogen-bond donors (Lipinski definition) is 0. The second kappa shape index (κ2) is 9.09. The van der Waals surface area contributed by atoms with Gasteiger partial charge in [-0.25, -0.2) is 12.7 Å². The number of methoxy groups -OCH3 is 1. The molecule has 1 rings (SSSR count). The van der Waals surface area contributed by atoms with Crippen molar-refractivity contribution in [1.82, 2.24) is 9.21 Å². The molecule has 0 spiro atoms. The Morgan fingerprint density at radius 1 is 1.09 bits per heavy atom. The maximum atomic E-state index is 12.2. The summed E-state index contributed by atoms with van der Waals surface area (Å²) >= 11 is 0. The van der Waals surface area contributed by atoms with E-state index in [1.54, 1.807) is 4.90 Å². The fourth-order valence-corrected chi connectivity index (χ4v) is 4.03. The summed E-state index contributed by atoms with van der Waals surface area (Å²) in [5.41, 5.74) is 0. The summed E-state index contributed by atoms with van der Waals surface area (Å²) in [4.78, 5) is 24.8. The number of hydrogen-bond acceptors (Lipinski definition) is 5. The van der Waals surface area contributed by atoms with Crippen LogP contribution in [-0.4, -0.2) is 68.5 Å². The normalized spacial score (nSPS) is 17.1. The van der Waals surface area contributed by atoms with Gasteiger partial charge in [0.15, 0.2) is 0 Å². The van der Waals surface area contributed by atoms with Gasteiger partial charge in [0.1, 0.15) is 0 Å². The van der Waals surface area contributed by atoms with E-state index in [2.05, 4.69) is 4.74 Å². The Labute approximate surface area is 132 Å².